The molecule has 182 valence electrons. The van der Waals surface area contributed by atoms with Gasteiger partial charge in [0.05, 0.1) is 13.7 Å². The lowest BCUT2D eigenvalue weighted by Gasteiger charge is -2.45. The first-order chi connectivity index (χ1) is 17.0. The third-order valence-corrected chi connectivity index (χ3v) is 6.71. The van der Waals surface area contributed by atoms with Crippen LogP contribution in [-0.2, 0) is 28.2 Å². The molecule has 0 aliphatic carbocycles. The summed E-state index contributed by atoms with van der Waals surface area (Å²) in [4.78, 5) is 36.8. The number of amides is 2. The lowest BCUT2D eigenvalue weighted by Crippen LogP contribution is -2.54. The highest BCUT2D eigenvalue weighted by Crippen LogP contribution is 2.40. The molecule has 0 radical (unpaired) electrons. The Labute approximate surface area is 204 Å². The van der Waals surface area contributed by atoms with E-state index < -0.39 is 11.7 Å². The summed E-state index contributed by atoms with van der Waals surface area (Å²) in [6, 6.07) is 13.1. The molecular formula is C26H29N5O4. The van der Waals surface area contributed by atoms with E-state index in [9.17, 15) is 9.59 Å². The van der Waals surface area contributed by atoms with Gasteiger partial charge in [0.15, 0.2) is 6.10 Å². The molecule has 1 saturated heterocycles. The molecule has 3 aromatic rings. The molecule has 0 bridgehead atoms. The van der Waals surface area contributed by atoms with Crippen LogP contribution in [0.2, 0.25) is 0 Å². The molecule has 4 heterocycles. The van der Waals surface area contributed by atoms with Gasteiger partial charge in [0.1, 0.15) is 22.9 Å². The van der Waals surface area contributed by atoms with Crippen LogP contribution in [0.5, 0.6) is 5.75 Å². The summed E-state index contributed by atoms with van der Waals surface area (Å²) in [5.74, 6) is 1.30. The van der Waals surface area contributed by atoms with Crippen LogP contribution in [0.1, 0.15) is 40.4 Å². The number of likely N-dealkylation sites (tertiary alicyclic amines) is 1. The van der Waals surface area contributed by atoms with Crippen LogP contribution >= 0.6 is 0 Å². The maximum Gasteiger partial charge on any atom is 0.272 e. The van der Waals surface area contributed by atoms with Gasteiger partial charge in [0.2, 0.25) is 0 Å². The van der Waals surface area contributed by atoms with Crippen molar-refractivity contribution in [3.05, 3.63) is 77.6 Å². The summed E-state index contributed by atoms with van der Waals surface area (Å²) in [5, 5.41) is 2.99. The third-order valence-electron chi connectivity index (χ3n) is 6.71. The highest BCUT2D eigenvalue weighted by atomic mass is 16.5. The van der Waals surface area contributed by atoms with Crippen molar-refractivity contribution in [1.82, 2.24) is 24.8 Å². The largest absolute Gasteiger partial charge is 0.497 e. The van der Waals surface area contributed by atoms with Crippen molar-refractivity contribution in [2.24, 2.45) is 0 Å². The van der Waals surface area contributed by atoms with Gasteiger partial charge in [-0.25, -0.2) is 9.97 Å². The monoisotopic (exact) mass is 475 g/mol. The minimum absolute atomic E-state index is 0.0877. The first-order valence-corrected chi connectivity index (χ1v) is 11.8. The van der Waals surface area contributed by atoms with E-state index in [2.05, 4.69) is 15.3 Å². The molecule has 9 nitrogen and oxygen atoms in total. The first-order valence-electron chi connectivity index (χ1n) is 11.8. The smallest absolute Gasteiger partial charge is 0.272 e. The lowest BCUT2D eigenvalue weighted by atomic mass is 9.88. The van der Waals surface area contributed by atoms with Gasteiger partial charge >= 0.3 is 0 Å². The molecule has 1 N–H and O–H groups in total. The number of nitrogens with zero attached hydrogens (tertiary/aromatic N) is 4. The van der Waals surface area contributed by atoms with Gasteiger partial charge in [-0.05, 0) is 36.8 Å². The van der Waals surface area contributed by atoms with Crippen LogP contribution in [0.3, 0.4) is 0 Å². The molecule has 1 spiro atoms. The molecule has 0 saturated carbocycles. The number of pyridine rings is 1. The molecule has 5 rings (SSSR count). The van der Waals surface area contributed by atoms with Gasteiger partial charge in [0, 0.05) is 50.6 Å². The number of hydrogen-bond donors (Lipinski definition) is 1. The van der Waals surface area contributed by atoms with Gasteiger partial charge in [-0.3, -0.25) is 9.59 Å². The fourth-order valence-corrected chi connectivity index (χ4v) is 4.86. The standard InChI is InChI=1S/C26H29N5O4/c1-18-5-3-8-21(29-18)24(33)30-12-9-26(10-13-30)25-27-11-14-31(25)17-22(35-26)23(32)28-16-19-6-4-7-20(15-19)34-2/h3-8,11,14-15,22H,9-10,12-13,16-17H2,1-2H3,(H,28,32)/t22-/m0/s1. The van der Waals surface area contributed by atoms with E-state index in [4.69, 9.17) is 9.47 Å². The van der Waals surface area contributed by atoms with Gasteiger partial charge in [0.25, 0.3) is 11.8 Å². The number of aryl methyl sites for hydroxylation is 1. The molecule has 1 fully saturated rings. The summed E-state index contributed by atoms with van der Waals surface area (Å²) in [5.41, 5.74) is 1.49. The maximum absolute atomic E-state index is 13.1. The quantitative estimate of drug-likeness (QED) is 0.609. The zero-order valence-electron chi connectivity index (χ0n) is 19.9. The SMILES string of the molecule is COc1cccc(CNC(=O)[C@@H]2Cn3ccnc3C3(CCN(C(=O)c4cccc(C)n4)CC3)O2)c1. The van der Waals surface area contributed by atoms with Crippen molar-refractivity contribution in [1.29, 1.82) is 0 Å². The number of carbonyl (C=O) groups excluding carboxylic acids is 2. The number of piperidine rings is 1. The average molecular weight is 476 g/mol. The van der Waals surface area contributed by atoms with Crippen LogP contribution in [0.15, 0.2) is 54.9 Å². The van der Waals surface area contributed by atoms with Crippen LogP contribution < -0.4 is 10.1 Å². The number of nitrogens with one attached hydrogen (secondary N) is 1. The molecular weight excluding hydrogens is 446 g/mol. The highest BCUT2D eigenvalue weighted by molar-refractivity contribution is 5.92. The number of fused-ring (bicyclic) bond motifs is 2. The molecule has 1 aromatic carbocycles. The van der Waals surface area contributed by atoms with E-state index in [-0.39, 0.29) is 11.8 Å². The third kappa shape index (κ3) is 4.64. The van der Waals surface area contributed by atoms with Crippen LogP contribution in [0.25, 0.3) is 0 Å². The Morgan fingerprint density at radius 1 is 1.20 bits per heavy atom. The molecule has 2 aliphatic rings. The topological polar surface area (TPSA) is 98.6 Å². The van der Waals surface area contributed by atoms with Crippen LogP contribution in [-0.4, -0.2) is 57.6 Å². The Balaban J connectivity index is 1.27. The summed E-state index contributed by atoms with van der Waals surface area (Å²) in [7, 11) is 1.62. The van der Waals surface area contributed by atoms with E-state index >= 15 is 0 Å². The molecule has 2 aromatic heterocycles. The Hall–Kier alpha value is -3.72. The number of rotatable bonds is 5. The zero-order valence-corrected chi connectivity index (χ0v) is 19.9. The molecule has 2 amide bonds. The van der Waals surface area contributed by atoms with Crippen LogP contribution in [0, 0.1) is 6.92 Å². The Bertz CT molecular complexity index is 1230. The van der Waals surface area contributed by atoms with Crippen molar-refractivity contribution >= 4 is 11.8 Å². The second-order valence-corrected chi connectivity index (χ2v) is 9.03. The van der Waals surface area contributed by atoms with Crippen LogP contribution in [0.4, 0.5) is 0 Å². The summed E-state index contributed by atoms with van der Waals surface area (Å²) in [6.45, 7) is 3.65. The second-order valence-electron chi connectivity index (χ2n) is 9.03. The summed E-state index contributed by atoms with van der Waals surface area (Å²) >= 11 is 0. The lowest BCUT2D eigenvalue weighted by molar-refractivity contribution is -0.172. The van der Waals surface area contributed by atoms with Gasteiger partial charge in [-0.15, -0.1) is 0 Å². The Morgan fingerprint density at radius 2 is 2.00 bits per heavy atom. The number of benzene rings is 1. The average Bonchev–Trinajstić information content (AvgIpc) is 3.37. The Kier molecular flexibility index (Phi) is 6.25. The number of aromatic nitrogens is 3. The minimum atomic E-state index is -0.712. The van der Waals surface area contributed by atoms with E-state index in [1.54, 1.807) is 24.3 Å². The number of carbonyl (C=O) groups is 2. The van der Waals surface area contributed by atoms with E-state index in [1.807, 2.05) is 54.1 Å². The fraction of sp³-hybridized carbons (Fsp3) is 0.385. The molecule has 9 heteroatoms. The maximum atomic E-state index is 13.1. The summed E-state index contributed by atoms with van der Waals surface area (Å²) < 4.78 is 13.7. The zero-order chi connectivity index (χ0) is 24.4. The normalized spacial score (nSPS) is 18.7. The predicted octanol–water partition coefficient (Wildman–Crippen LogP) is 2.44. The molecule has 2 aliphatic heterocycles. The minimum Gasteiger partial charge on any atom is -0.497 e. The fourth-order valence-electron chi connectivity index (χ4n) is 4.86. The number of hydrogen-bond acceptors (Lipinski definition) is 6. The van der Waals surface area contributed by atoms with Gasteiger partial charge in [-0.2, -0.15) is 0 Å². The van der Waals surface area contributed by atoms with Crippen molar-refractivity contribution in [3.63, 3.8) is 0 Å². The van der Waals surface area contributed by atoms with Crippen molar-refractivity contribution in [3.8, 4) is 5.75 Å². The predicted molar refractivity (Wildman–Crippen MR) is 128 cm³/mol. The first kappa shape index (κ1) is 23.0. The number of ether oxygens (including phenoxy) is 2. The number of methoxy groups -OCH3 is 1. The van der Waals surface area contributed by atoms with Crippen molar-refractivity contribution in [2.45, 2.75) is 44.6 Å². The second kappa shape index (κ2) is 9.50. The van der Waals surface area contributed by atoms with Gasteiger partial charge < -0.3 is 24.3 Å². The van der Waals surface area contributed by atoms with Crippen molar-refractivity contribution < 1.29 is 19.1 Å². The van der Waals surface area contributed by atoms with Gasteiger partial charge in [-0.1, -0.05) is 18.2 Å². The van der Waals surface area contributed by atoms with E-state index in [0.717, 1.165) is 22.8 Å². The van der Waals surface area contributed by atoms with Crippen molar-refractivity contribution in [2.75, 3.05) is 20.2 Å². The molecule has 1 atom stereocenters. The van der Waals surface area contributed by atoms with E-state index in [0.29, 0.717) is 44.7 Å². The van der Waals surface area contributed by atoms with E-state index in [1.165, 1.54) is 0 Å². The summed E-state index contributed by atoms with van der Waals surface area (Å²) in [6.07, 6.45) is 4.09. The highest BCUT2D eigenvalue weighted by Gasteiger charge is 2.47. The Morgan fingerprint density at radius 3 is 2.77 bits per heavy atom. The molecule has 35 heavy (non-hydrogen) atoms. The number of imidazole rings is 1. The molecule has 0 unspecified atom stereocenters.